The van der Waals surface area contributed by atoms with Gasteiger partial charge in [-0.25, -0.2) is 4.21 Å². The van der Waals surface area contributed by atoms with Crippen LogP contribution in [-0.4, -0.2) is 26.0 Å². The molecule has 8 nitrogen and oxygen atoms in total. The number of imide groups is 1. The summed E-state index contributed by atoms with van der Waals surface area (Å²) in [5.74, 6) is -1.68. The zero-order valence-electron chi connectivity index (χ0n) is 14.4. The zero-order chi connectivity index (χ0) is 20.0. The number of nitrogens with zero attached hydrogens (tertiary/aromatic N) is 2. The third-order valence-corrected chi connectivity index (χ3v) is 5.30. The molecule has 0 saturated carbocycles. The van der Waals surface area contributed by atoms with E-state index in [2.05, 4.69) is 0 Å². The van der Waals surface area contributed by atoms with Crippen LogP contribution in [0.1, 0.15) is 26.3 Å². The molecule has 2 amide bonds. The molecule has 3 aromatic carbocycles. The molecule has 4 rings (SSSR count). The van der Waals surface area contributed by atoms with Gasteiger partial charge in [-0.15, -0.1) is 5.06 Å². The smallest absolute Gasteiger partial charge is 0.266 e. The molecular weight excluding hydrogens is 384 g/mol. The first-order valence-corrected chi connectivity index (χ1v) is 9.21. The summed E-state index contributed by atoms with van der Waals surface area (Å²) >= 11 is -2.12. The van der Waals surface area contributed by atoms with Crippen LogP contribution >= 0.6 is 0 Å². The maximum atomic E-state index is 12.8. The Balaban J connectivity index is 1.78. The van der Waals surface area contributed by atoms with Crippen LogP contribution in [0.15, 0.2) is 59.5 Å². The lowest BCUT2D eigenvalue weighted by molar-refractivity contribution is -0.384. The zero-order valence-corrected chi connectivity index (χ0v) is 15.3. The van der Waals surface area contributed by atoms with E-state index in [1.54, 1.807) is 36.4 Å². The van der Waals surface area contributed by atoms with Gasteiger partial charge in [0.25, 0.3) is 17.5 Å². The molecule has 0 saturated heterocycles. The third-order valence-electron chi connectivity index (χ3n) is 4.36. The number of benzene rings is 3. The first-order chi connectivity index (χ1) is 13.4. The van der Waals surface area contributed by atoms with Gasteiger partial charge in [-0.1, -0.05) is 29.8 Å². The van der Waals surface area contributed by atoms with Crippen molar-refractivity contribution in [1.29, 1.82) is 0 Å². The molecular formula is C19H12N2O6S. The highest BCUT2D eigenvalue weighted by Gasteiger charge is 2.37. The largest absolute Gasteiger partial charge is 0.287 e. The monoisotopic (exact) mass is 396 g/mol. The van der Waals surface area contributed by atoms with Crippen molar-refractivity contribution in [3.8, 4) is 0 Å². The maximum absolute atomic E-state index is 12.8. The van der Waals surface area contributed by atoms with Crippen LogP contribution in [0.25, 0.3) is 10.8 Å². The SMILES string of the molecule is Cc1ccc(S(=O)ON2C(=O)c3cccc4cc([N+](=O)[O-])cc(c34)C2=O)cc1. The van der Waals surface area contributed by atoms with Gasteiger partial charge in [-0.3, -0.25) is 19.7 Å². The number of rotatable bonds is 4. The van der Waals surface area contributed by atoms with Gasteiger partial charge >= 0.3 is 0 Å². The molecule has 3 aromatic rings. The lowest BCUT2D eigenvalue weighted by Crippen LogP contribution is -2.40. The van der Waals surface area contributed by atoms with Crippen LogP contribution in [0.4, 0.5) is 5.69 Å². The summed E-state index contributed by atoms with van der Waals surface area (Å²) < 4.78 is 17.6. The summed E-state index contributed by atoms with van der Waals surface area (Å²) in [4.78, 5) is 36.4. The van der Waals surface area contributed by atoms with E-state index >= 15 is 0 Å². The Kier molecular flexibility index (Phi) is 4.25. The van der Waals surface area contributed by atoms with E-state index in [0.717, 1.165) is 11.6 Å². The van der Waals surface area contributed by atoms with Gasteiger partial charge in [0.2, 0.25) is 11.1 Å². The summed E-state index contributed by atoms with van der Waals surface area (Å²) in [6.07, 6.45) is 0. The van der Waals surface area contributed by atoms with E-state index in [4.69, 9.17) is 4.28 Å². The number of hydrogen-bond acceptors (Lipinski definition) is 6. The van der Waals surface area contributed by atoms with Gasteiger partial charge in [-0.2, -0.15) is 4.28 Å². The summed E-state index contributed by atoms with van der Waals surface area (Å²) in [5.41, 5.74) is 0.740. The Morgan fingerprint density at radius 3 is 2.36 bits per heavy atom. The highest BCUT2D eigenvalue weighted by atomic mass is 32.2. The topological polar surface area (TPSA) is 107 Å². The molecule has 1 unspecified atom stereocenters. The first-order valence-electron chi connectivity index (χ1n) is 8.13. The normalized spacial score (nSPS) is 14.4. The van der Waals surface area contributed by atoms with Crippen LogP contribution in [0.5, 0.6) is 0 Å². The van der Waals surface area contributed by atoms with Crippen LogP contribution in [0.3, 0.4) is 0 Å². The number of nitro benzene ring substituents is 1. The Labute approximate surface area is 161 Å². The van der Waals surface area contributed by atoms with Gasteiger partial charge in [0.05, 0.1) is 20.9 Å². The fourth-order valence-corrected chi connectivity index (χ4v) is 3.72. The average Bonchev–Trinajstić information content (AvgIpc) is 2.69. The molecule has 140 valence electrons. The maximum Gasteiger partial charge on any atom is 0.287 e. The van der Waals surface area contributed by atoms with Crippen molar-refractivity contribution in [2.75, 3.05) is 0 Å². The van der Waals surface area contributed by atoms with Crippen molar-refractivity contribution in [3.63, 3.8) is 0 Å². The highest BCUT2D eigenvalue weighted by molar-refractivity contribution is 7.80. The van der Waals surface area contributed by atoms with Crippen molar-refractivity contribution < 1.29 is 23.0 Å². The van der Waals surface area contributed by atoms with E-state index in [1.807, 2.05) is 6.92 Å². The molecule has 0 spiro atoms. The summed E-state index contributed by atoms with van der Waals surface area (Å²) in [5, 5.41) is 12.3. The minimum Gasteiger partial charge on any atom is -0.266 e. The van der Waals surface area contributed by atoms with Gasteiger partial charge in [0.1, 0.15) is 0 Å². The van der Waals surface area contributed by atoms with Gasteiger partial charge < -0.3 is 0 Å². The molecule has 1 aliphatic rings. The molecule has 0 bridgehead atoms. The number of nitro groups is 1. The summed E-state index contributed by atoms with van der Waals surface area (Å²) in [6.45, 7) is 1.86. The fourth-order valence-electron chi connectivity index (χ4n) is 3.00. The van der Waals surface area contributed by atoms with Crippen LogP contribution in [0.2, 0.25) is 0 Å². The Bertz CT molecular complexity index is 1190. The van der Waals surface area contributed by atoms with E-state index in [9.17, 15) is 23.9 Å². The molecule has 1 heterocycles. The summed E-state index contributed by atoms with van der Waals surface area (Å²) in [6, 6.07) is 13.6. The van der Waals surface area contributed by atoms with Crippen molar-refractivity contribution in [1.82, 2.24) is 5.06 Å². The van der Waals surface area contributed by atoms with E-state index in [0.29, 0.717) is 15.8 Å². The van der Waals surface area contributed by atoms with Crippen molar-refractivity contribution in [2.45, 2.75) is 11.8 Å². The third kappa shape index (κ3) is 2.86. The van der Waals surface area contributed by atoms with Crippen LogP contribution in [0, 0.1) is 17.0 Å². The molecule has 28 heavy (non-hydrogen) atoms. The molecule has 0 radical (unpaired) electrons. The van der Waals surface area contributed by atoms with E-state index < -0.39 is 27.8 Å². The molecule has 0 N–H and O–H groups in total. The molecule has 9 heteroatoms. The predicted molar refractivity (Wildman–Crippen MR) is 99.8 cm³/mol. The molecule has 0 aromatic heterocycles. The number of hydroxylamine groups is 2. The quantitative estimate of drug-likeness (QED) is 0.380. The van der Waals surface area contributed by atoms with Crippen LogP contribution in [-0.2, 0) is 15.4 Å². The minimum absolute atomic E-state index is 0.0553. The number of carbonyl (C=O) groups excluding carboxylic acids is 2. The number of carbonyl (C=O) groups is 2. The Hall–Kier alpha value is -3.43. The van der Waals surface area contributed by atoms with Crippen molar-refractivity contribution in [3.05, 3.63) is 81.4 Å². The number of aryl methyl sites for hydroxylation is 1. The fraction of sp³-hybridized carbons (Fsp3) is 0.0526. The minimum atomic E-state index is -2.12. The number of hydrogen-bond donors (Lipinski definition) is 0. The number of non-ortho nitro benzene ring substituents is 1. The second-order valence-corrected chi connectivity index (χ2v) is 7.27. The van der Waals surface area contributed by atoms with E-state index in [1.165, 1.54) is 12.1 Å². The average molecular weight is 396 g/mol. The molecule has 0 aliphatic carbocycles. The second-order valence-electron chi connectivity index (χ2n) is 6.18. The van der Waals surface area contributed by atoms with E-state index in [-0.39, 0.29) is 21.7 Å². The first kappa shape index (κ1) is 18.0. The molecule has 1 aliphatic heterocycles. The highest BCUT2D eigenvalue weighted by Crippen LogP contribution is 2.34. The molecule has 0 fully saturated rings. The van der Waals surface area contributed by atoms with Gasteiger partial charge in [0, 0.05) is 17.5 Å². The lowest BCUT2D eigenvalue weighted by Gasteiger charge is -2.24. The van der Waals surface area contributed by atoms with Crippen molar-refractivity contribution in [2.24, 2.45) is 0 Å². The Morgan fingerprint density at radius 1 is 1.00 bits per heavy atom. The molecule has 1 atom stereocenters. The standard InChI is InChI=1S/C19H12N2O6S/c1-11-5-7-14(8-6-11)28(26)27-20-18(22)15-4-2-3-12-9-13(21(24)25)10-16(17(12)15)19(20)23/h2-10H,1H3. The van der Waals surface area contributed by atoms with Crippen LogP contribution < -0.4 is 0 Å². The second kappa shape index (κ2) is 6.63. The predicted octanol–water partition coefficient (Wildman–Crippen LogP) is 3.31. The number of amides is 2. The lowest BCUT2D eigenvalue weighted by atomic mass is 9.94. The summed E-state index contributed by atoms with van der Waals surface area (Å²) in [7, 11) is 0. The Morgan fingerprint density at radius 2 is 1.68 bits per heavy atom. The van der Waals surface area contributed by atoms with Gasteiger partial charge in [-0.05, 0) is 30.5 Å². The van der Waals surface area contributed by atoms with Gasteiger partial charge in [0.15, 0.2) is 0 Å². The van der Waals surface area contributed by atoms with Crippen molar-refractivity contribution >= 4 is 39.4 Å².